The van der Waals surface area contributed by atoms with E-state index in [4.69, 9.17) is 19.5 Å². The van der Waals surface area contributed by atoms with Crippen molar-refractivity contribution in [3.05, 3.63) is 29.8 Å². The molecule has 0 N–H and O–H groups in total. The molecule has 1 fully saturated rings. The van der Waals surface area contributed by atoms with E-state index in [0.29, 0.717) is 29.1 Å². The predicted octanol–water partition coefficient (Wildman–Crippen LogP) is 3.48. The van der Waals surface area contributed by atoms with Gasteiger partial charge in [0.15, 0.2) is 13.2 Å². The Kier molecular flexibility index (Phi) is 7.66. The third-order valence-electron chi connectivity index (χ3n) is 4.95. The number of hydrogen-bond acceptors (Lipinski definition) is 6. The summed E-state index contributed by atoms with van der Waals surface area (Å²) in [5.41, 5.74) is 0.329. The van der Waals surface area contributed by atoms with Gasteiger partial charge in [0.25, 0.3) is 0 Å². The Labute approximate surface area is 160 Å². The normalized spacial score (nSPS) is 22.0. The largest absolute Gasteiger partial charge is 0.481 e. The minimum atomic E-state index is -0.683. The number of carbonyl (C=O) groups is 2. The fourth-order valence-corrected chi connectivity index (χ4v) is 3.46. The van der Waals surface area contributed by atoms with Crippen LogP contribution in [0, 0.1) is 29.1 Å². The average Bonchev–Trinajstić information content (AvgIpc) is 2.64. The molecule has 3 atom stereocenters. The molecular weight excluding hydrogens is 346 g/mol. The van der Waals surface area contributed by atoms with Crippen molar-refractivity contribution in [3.63, 3.8) is 0 Å². The molecule has 0 bridgehead atoms. The number of rotatable bonds is 7. The van der Waals surface area contributed by atoms with Gasteiger partial charge in [-0.2, -0.15) is 5.26 Å². The molecule has 1 aliphatic rings. The molecule has 1 saturated carbocycles. The Hall–Kier alpha value is -2.55. The van der Waals surface area contributed by atoms with Gasteiger partial charge < -0.3 is 14.2 Å². The van der Waals surface area contributed by atoms with Crippen LogP contribution in [0.5, 0.6) is 5.75 Å². The van der Waals surface area contributed by atoms with Crippen molar-refractivity contribution in [2.45, 2.75) is 46.1 Å². The smallest absolute Gasteiger partial charge is 0.344 e. The molecule has 0 aromatic heterocycles. The molecule has 0 spiro atoms. The van der Waals surface area contributed by atoms with Crippen molar-refractivity contribution >= 4 is 11.9 Å². The molecule has 0 unspecified atom stereocenters. The van der Waals surface area contributed by atoms with Crippen molar-refractivity contribution in [1.82, 2.24) is 0 Å². The summed E-state index contributed by atoms with van der Waals surface area (Å²) in [6.45, 7) is 5.63. The van der Waals surface area contributed by atoms with Gasteiger partial charge >= 0.3 is 11.9 Å². The molecule has 27 heavy (non-hydrogen) atoms. The lowest BCUT2D eigenvalue weighted by molar-refractivity contribution is -0.167. The van der Waals surface area contributed by atoms with E-state index in [2.05, 4.69) is 20.8 Å². The van der Waals surface area contributed by atoms with Crippen LogP contribution in [-0.2, 0) is 19.1 Å². The monoisotopic (exact) mass is 373 g/mol. The Morgan fingerprint density at radius 3 is 2.63 bits per heavy atom. The molecule has 146 valence electrons. The Morgan fingerprint density at radius 1 is 1.19 bits per heavy atom. The highest BCUT2D eigenvalue weighted by Gasteiger charge is 2.33. The van der Waals surface area contributed by atoms with Gasteiger partial charge in [-0.3, -0.25) is 0 Å². The zero-order valence-corrected chi connectivity index (χ0v) is 16.1. The van der Waals surface area contributed by atoms with Gasteiger partial charge in [-0.25, -0.2) is 9.59 Å². The van der Waals surface area contributed by atoms with Gasteiger partial charge in [0.05, 0.1) is 5.56 Å². The molecular formula is C21H27NO5. The summed E-state index contributed by atoms with van der Waals surface area (Å²) in [5.74, 6) is 0.380. The van der Waals surface area contributed by atoms with Crippen LogP contribution in [0.25, 0.3) is 0 Å². The minimum absolute atomic E-state index is 0.126. The molecule has 6 nitrogen and oxygen atoms in total. The highest BCUT2D eigenvalue weighted by molar-refractivity contribution is 5.77. The minimum Gasteiger partial charge on any atom is -0.481 e. The first-order chi connectivity index (χ1) is 12.9. The van der Waals surface area contributed by atoms with Gasteiger partial charge in [0.1, 0.15) is 17.9 Å². The van der Waals surface area contributed by atoms with E-state index >= 15 is 0 Å². The second kappa shape index (κ2) is 9.96. The fraction of sp³-hybridized carbons (Fsp3) is 0.571. The van der Waals surface area contributed by atoms with Crippen LogP contribution in [0.3, 0.4) is 0 Å². The molecule has 0 aliphatic heterocycles. The maximum Gasteiger partial charge on any atom is 0.344 e. The lowest BCUT2D eigenvalue weighted by Gasteiger charge is -2.36. The van der Waals surface area contributed by atoms with Crippen molar-refractivity contribution in [1.29, 1.82) is 5.26 Å². The van der Waals surface area contributed by atoms with Crippen LogP contribution >= 0.6 is 0 Å². The van der Waals surface area contributed by atoms with E-state index in [-0.39, 0.29) is 12.7 Å². The number of benzene rings is 1. The van der Waals surface area contributed by atoms with Gasteiger partial charge in [-0.05, 0) is 42.7 Å². The number of para-hydroxylation sites is 1. The number of esters is 2. The van der Waals surface area contributed by atoms with Crippen molar-refractivity contribution < 1.29 is 23.8 Å². The molecule has 0 heterocycles. The Morgan fingerprint density at radius 2 is 1.93 bits per heavy atom. The summed E-state index contributed by atoms with van der Waals surface area (Å²) in [4.78, 5) is 23.9. The van der Waals surface area contributed by atoms with Crippen LogP contribution in [-0.4, -0.2) is 31.3 Å². The summed E-state index contributed by atoms with van der Waals surface area (Å²) >= 11 is 0. The number of carbonyl (C=O) groups excluding carboxylic acids is 2. The first-order valence-electron chi connectivity index (χ1n) is 9.37. The first-order valence-corrected chi connectivity index (χ1v) is 9.37. The van der Waals surface area contributed by atoms with E-state index in [0.717, 1.165) is 19.3 Å². The molecule has 1 aliphatic carbocycles. The Balaban J connectivity index is 1.77. The van der Waals surface area contributed by atoms with E-state index < -0.39 is 18.5 Å². The molecule has 0 amide bonds. The lowest BCUT2D eigenvalue weighted by atomic mass is 9.75. The van der Waals surface area contributed by atoms with E-state index in [9.17, 15) is 9.59 Å². The summed E-state index contributed by atoms with van der Waals surface area (Å²) in [6, 6.07) is 8.57. The number of nitrogens with zero attached hydrogens (tertiary/aromatic N) is 1. The van der Waals surface area contributed by atoms with Crippen LogP contribution in [0.4, 0.5) is 0 Å². The summed E-state index contributed by atoms with van der Waals surface area (Å²) in [6.07, 6.45) is 2.91. The van der Waals surface area contributed by atoms with Gasteiger partial charge in [-0.1, -0.05) is 39.3 Å². The quantitative estimate of drug-likeness (QED) is 0.680. The third-order valence-corrected chi connectivity index (χ3v) is 4.95. The second-order valence-electron chi connectivity index (χ2n) is 7.41. The predicted molar refractivity (Wildman–Crippen MR) is 98.8 cm³/mol. The molecule has 1 aromatic carbocycles. The van der Waals surface area contributed by atoms with Crippen LogP contribution in [0.15, 0.2) is 24.3 Å². The highest BCUT2D eigenvalue weighted by Crippen LogP contribution is 2.35. The average molecular weight is 373 g/mol. The molecule has 6 heteroatoms. The van der Waals surface area contributed by atoms with Crippen molar-refractivity contribution in [2.24, 2.45) is 17.8 Å². The zero-order chi connectivity index (χ0) is 19.8. The fourth-order valence-electron chi connectivity index (χ4n) is 3.46. The number of hydrogen-bond donors (Lipinski definition) is 0. The molecule has 0 saturated heterocycles. The summed E-state index contributed by atoms with van der Waals surface area (Å²) in [5, 5.41) is 8.99. The zero-order valence-electron chi connectivity index (χ0n) is 16.1. The second-order valence-corrected chi connectivity index (χ2v) is 7.41. The van der Waals surface area contributed by atoms with Crippen LogP contribution in [0.1, 0.15) is 45.6 Å². The Bertz CT molecular complexity index is 694. The SMILES string of the molecule is CC(C)[C@@H]1CC[C@H](C)C[C@@H]1OC(=O)COC(=O)COc1ccccc1C#N. The maximum atomic E-state index is 12.1. The molecule has 2 rings (SSSR count). The van der Waals surface area contributed by atoms with Gasteiger partial charge in [0, 0.05) is 0 Å². The topological polar surface area (TPSA) is 85.6 Å². The van der Waals surface area contributed by atoms with Crippen LogP contribution in [0.2, 0.25) is 0 Å². The number of nitriles is 1. The summed E-state index contributed by atoms with van der Waals surface area (Å²) < 4.78 is 15.8. The van der Waals surface area contributed by atoms with E-state index in [1.54, 1.807) is 24.3 Å². The lowest BCUT2D eigenvalue weighted by Crippen LogP contribution is -2.37. The van der Waals surface area contributed by atoms with Crippen molar-refractivity contribution in [3.8, 4) is 11.8 Å². The van der Waals surface area contributed by atoms with Crippen LogP contribution < -0.4 is 4.74 Å². The van der Waals surface area contributed by atoms with Gasteiger partial charge in [-0.15, -0.1) is 0 Å². The van der Waals surface area contributed by atoms with E-state index in [1.807, 2.05) is 6.07 Å². The molecule has 0 radical (unpaired) electrons. The summed E-state index contributed by atoms with van der Waals surface area (Å²) in [7, 11) is 0. The van der Waals surface area contributed by atoms with Gasteiger partial charge in [0.2, 0.25) is 0 Å². The third kappa shape index (κ3) is 6.28. The standard InChI is InChI=1S/C21H27NO5/c1-14(2)17-9-8-15(3)10-19(17)27-21(24)13-26-20(23)12-25-18-7-5-4-6-16(18)11-22/h4-7,14-15,17,19H,8-10,12-13H2,1-3H3/t15-,17-,19-/m0/s1. The molecule has 1 aromatic rings. The first kappa shape index (κ1) is 20.8. The van der Waals surface area contributed by atoms with Crippen molar-refractivity contribution in [2.75, 3.05) is 13.2 Å². The van der Waals surface area contributed by atoms with E-state index in [1.165, 1.54) is 0 Å². The maximum absolute atomic E-state index is 12.1. The highest BCUT2D eigenvalue weighted by atomic mass is 16.6. The number of ether oxygens (including phenoxy) is 3.